The Bertz CT molecular complexity index is 965. The standard InChI is InChI=1S/C22H32N4O3S.HI/c1-5-24-22(26-15-20-11-10-17(3)12-21(20)29-6-2)25-14-18-8-7-9-19(13-18)16-30(27,28)23-4;/h7-13,23H,5-6,14-16H2,1-4H3,(H2,24,25,26);1H. The Morgan fingerprint density at radius 1 is 1.06 bits per heavy atom. The van der Waals surface area contributed by atoms with E-state index in [1.54, 1.807) is 6.07 Å². The molecule has 0 aliphatic carbocycles. The summed E-state index contributed by atoms with van der Waals surface area (Å²) < 4.78 is 31.6. The van der Waals surface area contributed by atoms with E-state index in [4.69, 9.17) is 4.74 Å². The second-order valence-corrected chi connectivity index (χ2v) is 8.80. The lowest BCUT2D eigenvalue weighted by molar-refractivity contribution is 0.336. The van der Waals surface area contributed by atoms with E-state index in [0.29, 0.717) is 25.7 Å². The fourth-order valence-corrected chi connectivity index (χ4v) is 3.66. The number of hydrogen-bond acceptors (Lipinski definition) is 4. The molecular weight excluding hydrogens is 527 g/mol. The molecule has 2 aromatic carbocycles. The van der Waals surface area contributed by atoms with E-state index in [1.165, 1.54) is 7.05 Å². The van der Waals surface area contributed by atoms with E-state index in [9.17, 15) is 8.42 Å². The molecule has 0 saturated heterocycles. The molecule has 0 aliphatic rings. The SMILES string of the molecule is CCNC(=NCc1cccc(CS(=O)(=O)NC)c1)NCc1ccc(C)cc1OCC.I. The van der Waals surface area contributed by atoms with Gasteiger partial charge in [0.15, 0.2) is 5.96 Å². The average Bonchev–Trinajstić information content (AvgIpc) is 2.71. The predicted octanol–water partition coefficient (Wildman–Crippen LogP) is 3.32. The molecule has 0 aromatic heterocycles. The van der Waals surface area contributed by atoms with Crippen molar-refractivity contribution in [2.24, 2.45) is 4.99 Å². The summed E-state index contributed by atoms with van der Waals surface area (Å²) >= 11 is 0. The third-order valence-corrected chi connectivity index (χ3v) is 5.73. The van der Waals surface area contributed by atoms with Gasteiger partial charge in [0.05, 0.1) is 18.9 Å². The maximum Gasteiger partial charge on any atom is 0.215 e. The van der Waals surface area contributed by atoms with Crippen LogP contribution in [-0.4, -0.2) is 34.6 Å². The van der Waals surface area contributed by atoms with Crippen LogP contribution in [0.4, 0.5) is 0 Å². The Morgan fingerprint density at radius 2 is 1.81 bits per heavy atom. The van der Waals surface area contributed by atoms with Gasteiger partial charge in [-0.05, 0) is 50.6 Å². The van der Waals surface area contributed by atoms with Crippen molar-refractivity contribution >= 4 is 40.0 Å². The fraction of sp³-hybridized carbons (Fsp3) is 0.409. The highest BCUT2D eigenvalue weighted by Gasteiger charge is 2.09. The number of nitrogens with zero attached hydrogens (tertiary/aromatic N) is 1. The van der Waals surface area contributed by atoms with E-state index < -0.39 is 10.0 Å². The van der Waals surface area contributed by atoms with Crippen molar-refractivity contribution in [1.29, 1.82) is 0 Å². The van der Waals surface area contributed by atoms with Crippen molar-refractivity contribution < 1.29 is 13.2 Å². The summed E-state index contributed by atoms with van der Waals surface area (Å²) in [5.74, 6) is 1.51. The number of aliphatic imine (C=N–C) groups is 1. The van der Waals surface area contributed by atoms with Gasteiger partial charge >= 0.3 is 0 Å². The second kappa shape index (κ2) is 13.5. The Labute approximate surface area is 203 Å². The normalized spacial score (nSPS) is 11.5. The Kier molecular flexibility index (Phi) is 11.9. The van der Waals surface area contributed by atoms with Gasteiger partial charge in [-0.25, -0.2) is 18.1 Å². The lowest BCUT2D eigenvalue weighted by Crippen LogP contribution is -2.36. The van der Waals surface area contributed by atoms with Crippen LogP contribution in [0.3, 0.4) is 0 Å². The van der Waals surface area contributed by atoms with Crippen LogP contribution < -0.4 is 20.1 Å². The molecule has 0 heterocycles. The fourth-order valence-electron chi connectivity index (χ4n) is 2.90. The molecule has 2 rings (SSSR count). The Hall–Kier alpha value is -1.85. The van der Waals surface area contributed by atoms with E-state index in [1.807, 2.05) is 45.0 Å². The molecule has 31 heavy (non-hydrogen) atoms. The molecule has 0 amide bonds. The number of guanidine groups is 1. The number of halogens is 1. The van der Waals surface area contributed by atoms with Crippen LogP contribution in [0.1, 0.15) is 36.1 Å². The molecule has 0 aliphatic heterocycles. The number of sulfonamides is 1. The zero-order valence-electron chi connectivity index (χ0n) is 18.6. The third-order valence-electron chi connectivity index (χ3n) is 4.39. The van der Waals surface area contributed by atoms with Gasteiger partial charge in [-0.2, -0.15) is 0 Å². The minimum atomic E-state index is -3.30. The highest BCUT2D eigenvalue weighted by Crippen LogP contribution is 2.20. The van der Waals surface area contributed by atoms with Crippen LogP contribution in [-0.2, 0) is 28.9 Å². The van der Waals surface area contributed by atoms with Gasteiger partial charge in [-0.1, -0.05) is 36.4 Å². The summed E-state index contributed by atoms with van der Waals surface area (Å²) in [5, 5.41) is 6.58. The van der Waals surface area contributed by atoms with Crippen LogP contribution in [0.15, 0.2) is 47.5 Å². The topological polar surface area (TPSA) is 91.8 Å². The number of aryl methyl sites for hydroxylation is 1. The van der Waals surface area contributed by atoms with E-state index >= 15 is 0 Å². The van der Waals surface area contributed by atoms with Crippen LogP contribution in [0, 0.1) is 6.92 Å². The molecule has 0 unspecified atom stereocenters. The quantitative estimate of drug-likeness (QED) is 0.236. The highest BCUT2D eigenvalue weighted by atomic mass is 127. The molecule has 0 spiro atoms. The summed E-state index contributed by atoms with van der Waals surface area (Å²) in [4.78, 5) is 4.64. The van der Waals surface area contributed by atoms with Crippen molar-refractivity contribution in [3.8, 4) is 5.75 Å². The second-order valence-electron chi connectivity index (χ2n) is 6.88. The summed E-state index contributed by atoms with van der Waals surface area (Å²) in [5.41, 5.74) is 3.90. The molecule has 0 fully saturated rings. The highest BCUT2D eigenvalue weighted by molar-refractivity contribution is 14.0. The van der Waals surface area contributed by atoms with Crippen LogP contribution in [0.25, 0.3) is 0 Å². The van der Waals surface area contributed by atoms with Crippen LogP contribution >= 0.6 is 24.0 Å². The Balaban J connectivity index is 0.00000480. The first-order valence-corrected chi connectivity index (χ1v) is 11.8. The molecule has 3 N–H and O–H groups in total. The van der Waals surface area contributed by atoms with E-state index in [2.05, 4.69) is 32.5 Å². The first-order chi connectivity index (χ1) is 14.4. The molecule has 7 nitrogen and oxygen atoms in total. The van der Waals surface area contributed by atoms with E-state index in [0.717, 1.165) is 34.5 Å². The monoisotopic (exact) mass is 560 g/mol. The number of rotatable bonds is 10. The molecule has 2 aromatic rings. The third kappa shape index (κ3) is 9.44. The molecule has 0 bridgehead atoms. The predicted molar refractivity (Wildman–Crippen MR) is 138 cm³/mol. The number of ether oxygens (including phenoxy) is 1. The van der Waals surface area contributed by atoms with Crippen molar-refractivity contribution in [3.63, 3.8) is 0 Å². The van der Waals surface area contributed by atoms with E-state index in [-0.39, 0.29) is 29.7 Å². The minimum Gasteiger partial charge on any atom is -0.494 e. The Morgan fingerprint density at radius 3 is 2.48 bits per heavy atom. The van der Waals surface area contributed by atoms with Gasteiger partial charge in [0.25, 0.3) is 0 Å². The summed E-state index contributed by atoms with van der Waals surface area (Å²) in [6.45, 7) is 8.40. The zero-order valence-corrected chi connectivity index (χ0v) is 21.7. The average molecular weight is 561 g/mol. The largest absolute Gasteiger partial charge is 0.494 e. The number of hydrogen-bond donors (Lipinski definition) is 3. The van der Waals surface area contributed by atoms with Gasteiger partial charge in [0.1, 0.15) is 5.75 Å². The van der Waals surface area contributed by atoms with Crippen molar-refractivity contribution in [2.75, 3.05) is 20.2 Å². The maximum atomic E-state index is 11.8. The lowest BCUT2D eigenvalue weighted by atomic mass is 10.1. The molecule has 0 atom stereocenters. The molecule has 0 radical (unpaired) electrons. The van der Waals surface area contributed by atoms with Gasteiger partial charge in [-0.15, -0.1) is 24.0 Å². The van der Waals surface area contributed by atoms with Crippen molar-refractivity contribution in [2.45, 2.75) is 39.6 Å². The smallest absolute Gasteiger partial charge is 0.215 e. The molecular formula is C22H33IN4O3S. The summed E-state index contributed by atoms with van der Waals surface area (Å²) in [6, 6.07) is 13.6. The van der Waals surface area contributed by atoms with Gasteiger partial charge in [0, 0.05) is 18.7 Å². The molecule has 9 heteroatoms. The summed E-state index contributed by atoms with van der Waals surface area (Å²) in [6.07, 6.45) is 0. The zero-order chi connectivity index (χ0) is 22.0. The van der Waals surface area contributed by atoms with Gasteiger partial charge < -0.3 is 15.4 Å². The summed E-state index contributed by atoms with van der Waals surface area (Å²) in [7, 11) is -1.88. The first kappa shape index (κ1) is 27.2. The van der Waals surface area contributed by atoms with Crippen LogP contribution in [0.5, 0.6) is 5.75 Å². The number of benzene rings is 2. The lowest BCUT2D eigenvalue weighted by Gasteiger charge is -2.15. The first-order valence-electron chi connectivity index (χ1n) is 10.1. The minimum absolute atomic E-state index is 0. The van der Waals surface area contributed by atoms with Gasteiger partial charge in [-0.3, -0.25) is 0 Å². The maximum absolute atomic E-state index is 11.8. The van der Waals surface area contributed by atoms with Crippen molar-refractivity contribution in [3.05, 3.63) is 64.7 Å². The molecule has 172 valence electrons. The van der Waals surface area contributed by atoms with Crippen LogP contribution in [0.2, 0.25) is 0 Å². The molecule has 0 saturated carbocycles. The number of nitrogens with one attached hydrogen (secondary N) is 3. The van der Waals surface area contributed by atoms with Gasteiger partial charge in [0.2, 0.25) is 10.0 Å². The van der Waals surface area contributed by atoms with Crippen molar-refractivity contribution in [1.82, 2.24) is 15.4 Å².